The number of aromatic carboxylic acids is 1. The molecule has 0 fully saturated rings. The summed E-state index contributed by atoms with van der Waals surface area (Å²) in [5.74, 6) is -3.11. The Balaban J connectivity index is 2.20. The number of thiazole rings is 1. The zero-order valence-electron chi connectivity index (χ0n) is 11.7. The van der Waals surface area contributed by atoms with Gasteiger partial charge >= 0.3 is 6.18 Å². The minimum absolute atomic E-state index is 0.172. The van der Waals surface area contributed by atoms with Crippen LogP contribution in [0.1, 0.15) is 33.9 Å². The molecule has 5 nitrogen and oxygen atoms in total. The number of carbonyl (C=O) groups excluding carboxylic acids is 2. The number of alkyl halides is 3. The predicted molar refractivity (Wildman–Crippen MR) is 74.9 cm³/mol. The predicted octanol–water partition coefficient (Wildman–Crippen LogP) is 2.27. The molecule has 122 valence electrons. The van der Waals surface area contributed by atoms with Crippen LogP contribution >= 0.6 is 11.3 Å². The number of carboxylic acids is 1. The second-order valence-corrected chi connectivity index (χ2v) is 5.50. The van der Waals surface area contributed by atoms with Crippen LogP contribution < -0.4 is 10.4 Å². The summed E-state index contributed by atoms with van der Waals surface area (Å²) < 4.78 is 38.6. The van der Waals surface area contributed by atoms with Gasteiger partial charge in [0.15, 0.2) is 0 Å². The van der Waals surface area contributed by atoms with E-state index in [0.29, 0.717) is 0 Å². The lowest BCUT2D eigenvalue weighted by Crippen LogP contribution is -2.23. The Morgan fingerprint density at radius 1 is 1.30 bits per heavy atom. The van der Waals surface area contributed by atoms with E-state index in [4.69, 9.17) is 0 Å². The molecule has 23 heavy (non-hydrogen) atoms. The number of halogens is 3. The van der Waals surface area contributed by atoms with Gasteiger partial charge in [0.2, 0.25) is 5.91 Å². The Hall–Kier alpha value is -2.42. The average molecular weight is 343 g/mol. The van der Waals surface area contributed by atoms with Crippen molar-refractivity contribution in [2.45, 2.75) is 19.0 Å². The van der Waals surface area contributed by atoms with Crippen molar-refractivity contribution in [3.8, 4) is 0 Å². The molecule has 1 aromatic heterocycles. The van der Waals surface area contributed by atoms with Gasteiger partial charge in [-0.15, -0.1) is 11.3 Å². The van der Waals surface area contributed by atoms with E-state index in [1.807, 2.05) is 0 Å². The number of para-hydroxylation sites is 1. The lowest BCUT2D eigenvalue weighted by atomic mass is 10.1. The van der Waals surface area contributed by atoms with Crippen LogP contribution in [0.4, 0.5) is 18.9 Å². The number of hydrogen-bond acceptors (Lipinski definition) is 5. The SMILES string of the molecule is C[C@H](C(=O)Nc1ccccc1C(F)(F)F)c1nc(C(=O)[O-])cs1. The van der Waals surface area contributed by atoms with Gasteiger partial charge in [-0.05, 0) is 19.1 Å². The summed E-state index contributed by atoms with van der Waals surface area (Å²) in [4.78, 5) is 26.5. The van der Waals surface area contributed by atoms with Crippen molar-refractivity contribution in [2.24, 2.45) is 0 Å². The Kier molecular flexibility index (Phi) is 4.69. The van der Waals surface area contributed by atoms with Gasteiger partial charge in [-0.2, -0.15) is 13.2 Å². The van der Waals surface area contributed by atoms with Crippen molar-refractivity contribution in [1.82, 2.24) is 4.98 Å². The van der Waals surface area contributed by atoms with Gasteiger partial charge in [-0.25, -0.2) is 4.98 Å². The third kappa shape index (κ3) is 3.86. The molecular formula is C14H10F3N2O3S-. The molecule has 0 unspecified atom stereocenters. The van der Waals surface area contributed by atoms with Gasteiger partial charge in [0, 0.05) is 5.38 Å². The first-order valence-electron chi connectivity index (χ1n) is 6.34. The van der Waals surface area contributed by atoms with Crippen molar-refractivity contribution < 1.29 is 27.9 Å². The lowest BCUT2D eigenvalue weighted by Gasteiger charge is -2.15. The number of nitrogens with one attached hydrogen (secondary N) is 1. The summed E-state index contributed by atoms with van der Waals surface area (Å²) in [7, 11) is 0. The highest BCUT2D eigenvalue weighted by Gasteiger charge is 2.34. The molecule has 2 rings (SSSR count). The number of anilines is 1. The topological polar surface area (TPSA) is 82.1 Å². The lowest BCUT2D eigenvalue weighted by molar-refractivity contribution is -0.255. The molecule has 9 heteroatoms. The van der Waals surface area contributed by atoms with Crippen LogP contribution in [0.5, 0.6) is 0 Å². The minimum atomic E-state index is -4.60. The molecule has 1 aromatic carbocycles. The first-order chi connectivity index (χ1) is 10.7. The van der Waals surface area contributed by atoms with E-state index in [1.54, 1.807) is 0 Å². The van der Waals surface area contributed by atoms with Crippen molar-refractivity contribution in [3.63, 3.8) is 0 Å². The molecule has 0 aliphatic rings. The molecular weight excluding hydrogens is 333 g/mol. The monoisotopic (exact) mass is 343 g/mol. The maximum absolute atomic E-state index is 12.9. The van der Waals surface area contributed by atoms with Crippen LogP contribution in [0.3, 0.4) is 0 Å². The number of benzene rings is 1. The summed E-state index contributed by atoms with van der Waals surface area (Å²) in [6, 6.07) is 4.59. The molecule has 1 amide bonds. The molecule has 0 spiro atoms. The summed E-state index contributed by atoms with van der Waals surface area (Å²) in [6.45, 7) is 1.42. The van der Waals surface area contributed by atoms with Gasteiger partial charge in [0.05, 0.1) is 28.8 Å². The van der Waals surface area contributed by atoms with Gasteiger partial charge in [-0.1, -0.05) is 12.1 Å². The zero-order chi connectivity index (χ0) is 17.2. The third-order valence-corrected chi connectivity index (χ3v) is 4.01. The molecule has 1 heterocycles. The fourth-order valence-corrected chi connectivity index (χ4v) is 2.62. The van der Waals surface area contributed by atoms with Crippen LogP contribution in [0.15, 0.2) is 29.6 Å². The largest absolute Gasteiger partial charge is 0.543 e. The highest BCUT2D eigenvalue weighted by atomic mass is 32.1. The van der Waals surface area contributed by atoms with Crippen molar-refractivity contribution in [3.05, 3.63) is 45.9 Å². The van der Waals surface area contributed by atoms with Crippen LogP contribution in [-0.2, 0) is 11.0 Å². The van der Waals surface area contributed by atoms with E-state index in [-0.39, 0.29) is 16.4 Å². The smallest absolute Gasteiger partial charge is 0.418 e. The quantitative estimate of drug-likeness (QED) is 0.923. The Morgan fingerprint density at radius 3 is 2.52 bits per heavy atom. The Labute approximate surface area is 132 Å². The normalized spacial score (nSPS) is 12.7. The second-order valence-electron chi connectivity index (χ2n) is 4.61. The highest BCUT2D eigenvalue weighted by molar-refractivity contribution is 7.10. The van der Waals surface area contributed by atoms with Crippen LogP contribution in [-0.4, -0.2) is 16.9 Å². The maximum Gasteiger partial charge on any atom is 0.418 e. The van der Waals surface area contributed by atoms with Crippen molar-refractivity contribution >= 4 is 28.9 Å². The van der Waals surface area contributed by atoms with Crippen molar-refractivity contribution in [1.29, 1.82) is 0 Å². The zero-order valence-corrected chi connectivity index (χ0v) is 12.5. The molecule has 0 aliphatic carbocycles. The molecule has 1 N–H and O–H groups in total. The van der Waals surface area contributed by atoms with Crippen LogP contribution in [0.25, 0.3) is 0 Å². The molecule has 0 aliphatic heterocycles. The number of rotatable bonds is 4. The van der Waals surface area contributed by atoms with E-state index in [9.17, 15) is 27.9 Å². The van der Waals surface area contributed by atoms with E-state index >= 15 is 0 Å². The van der Waals surface area contributed by atoms with Gasteiger partial charge < -0.3 is 15.2 Å². The Bertz CT molecular complexity index is 743. The molecule has 2 aromatic rings. The van der Waals surface area contributed by atoms with E-state index < -0.39 is 29.5 Å². The number of aromatic nitrogens is 1. The highest BCUT2D eigenvalue weighted by Crippen LogP contribution is 2.35. The van der Waals surface area contributed by atoms with E-state index in [1.165, 1.54) is 24.4 Å². The number of nitrogens with zero attached hydrogens (tertiary/aromatic N) is 1. The van der Waals surface area contributed by atoms with Gasteiger partial charge in [0.25, 0.3) is 0 Å². The van der Waals surface area contributed by atoms with Crippen LogP contribution in [0.2, 0.25) is 0 Å². The summed E-state index contributed by atoms with van der Waals surface area (Å²) >= 11 is 0.920. The van der Waals surface area contributed by atoms with E-state index in [2.05, 4.69) is 10.3 Å². The average Bonchev–Trinajstić information content (AvgIpc) is 2.95. The summed E-state index contributed by atoms with van der Waals surface area (Å²) in [5, 5.41) is 14.2. The second kappa shape index (κ2) is 6.37. The first-order valence-corrected chi connectivity index (χ1v) is 7.22. The Morgan fingerprint density at radius 2 is 1.96 bits per heavy atom. The first kappa shape index (κ1) is 16.9. The number of carboxylic acid groups (broad SMARTS) is 1. The minimum Gasteiger partial charge on any atom is -0.543 e. The number of hydrogen-bond donors (Lipinski definition) is 1. The molecule has 0 saturated carbocycles. The van der Waals surface area contributed by atoms with E-state index in [0.717, 1.165) is 23.5 Å². The number of amides is 1. The summed E-state index contributed by atoms with van der Waals surface area (Å²) in [6.07, 6.45) is -4.60. The summed E-state index contributed by atoms with van der Waals surface area (Å²) in [5.41, 5.74) is -1.65. The molecule has 0 radical (unpaired) electrons. The van der Waals surface area contributed by atoms with Gasteiger partial charge in [-0.3, -0.25) is 4.79 Å². The van der Waals surface area contributed by atoms with Crippen LogP contribution in [0, 0.1) is 0 Å². The molecule has 1 atom stereocenters. The molecule has 0 saturated heterocycles. The standard InChI is InChI=1S/C14H11F3N2O3S/c1-7(12-19-10(6-23-12)13(21)22)11(20)18-9-5-3-2-4-8(9)14(15,16)17/h2-7H,1H3,(H,18,20)(H,21,22)/p-1/t7-/m1/s1. The van der Waals surface area contributed by atoms with Gasteiger partial charge in [0.1, 0.15) is 5.01 Å². The maximum atomic E-state index is 12.9. The number of carbonyl (C=O) groups is 2. The third-order valence-electron chi connectivity index (χ3n) is 2.99. The molecule has 0 bridgehead atoms. The van der Waals surface area contributed by atoms with Crippen molar-refractivity contribution in [2.75, 3.05) is 5.32 Å². The fraction of sp³-hybridized carbons (Fsp3) is 0.214. The fourth-order valence-electron chi connectivity index (χ4n) is 1.77.